The molecule has 33 heavy (non-hydrogen) atoms. The summed E-state index contributed by atoms with van der Waals surface area (Å²) < 4.78 is 0. The number of nitrogens with one attached hydrogen (secondary N) is 2. The third-order valence-corrected chi connectivity index (χ3v) is 4.61. The molecule has 0 fully saturated rings. The number of allylic oxidation sites excluding steroid dienone is 2. The Morgan fingerprint density at radius 2 is 1.06 bits per heavy atom. The van der Waals surface area contributed by atoms with Gasteiger partial charge in [-0.2, -0.15) is 10.2 Å². The molecule has 172 valence electrons. The van der Waals surface area contributed by atoms with Crippen LogP contribution in [0.3, 0.4) is 0 Å². The van der Waals surface area contributed by atoms with E-state index in [1.165, 1.54) is 0 Å². The molecule has 0 unspecified atom stereocenters. The molecule has 0 atom stereocenters. The number of rotatable bonds is 12. The summed E-state index contributed by atoms with van der Waals surface area (Å²) in [6, 6.07) is 19.8. The Morgan fingerprint density at radius 3 is 1.45 bits per heavy atom. The van der Waals surface area contributed by atoms with Crippen molar-refractivity contribution in [3.05, 3.63) is 82.9 Å². The fourth-order valence-corrected chi connectivity index (χ4v) is 2.97. The van der Waals surface area contributed by atoms with Gasteiger partial charge in [-0.15, -0.1) is 0 Å². The maximum Gasteiger partial charge on any atom is 0.240 e. The topological polar surface area (TPSA) is 82.9 Å². The zero-order chi connectivity index (χ0) is 23.7. The number of carbonyl (C=O) groups is 2. The van der Waals surface area contributed by atoms with Gasteiger partial charge < -0.3 is 0 Å². The minimum absolute atomic E-state index is 0.131. The molecule has 6 nitrogen and oxygen atoms in total. The van der Waals surface area contributed by atoms with Gasteiger partial charge in [0.15, 0.2) is 0 Å². The summed E-state index contributed by atoms with van der Waals surface area (Å²) in [6.07, 6.45) is 10.2. The third kappa shape index (κ3) is 12.0. The van der Waals surface area contributed by atoms with Crippen LogP contribution in [-0.4, -0.2) is 24.2 Å². The highest BCUT2D eigenvalue weighted by molar-refractivity contribution is 5.87. The van der Waals surface area contributed by atoms with Crippen molar-refractivity contribution in [3.8, 4) is 0 Å². The van der Waals surface area contributed by atoms with E-state index in [-0.39, 0.29) is 11.8 Å². The first-order chi connectivity index (χ1) is 16.0. The molecule has 0 bridgehead atoms. The summed E-state index contributed by atoms with van der Waals surface area (Å²) >= 11 is 0. The lowest BCUT2D eigenvalue weighted by Crippen LogP contribution is -2.18. The van der Waals surface area contributed by atoms with E-state index in [2.05, 4.69) is 21.1 Å². The molecule has 0 aliphatic carbocycles. The van der Waals surface area contributed by atoms with Crippen LogP contribution in [-0.2, 0) is 9.59 Å². The van der Waals surface area contributed by atoms with Crippen molar-refractivity contribution in [2.24, 2.45) is 10.2 Å². The molecule has 0 aromatic heterocycles. The van der Waals surface area contributed by atoms with Crippen LogP contribution < -0.4 is 10.9 Å². The first kappa shape index (κ1) is 25.5. The Labute approximate surface area is 196 Å². The van der Waals surface area contributed by atoms with Crippen LogP contribution in [0.2, 0.25) is 0 Å². The van der Waals surface area contributed by atoms with E-state index in [1.807, 2.05) is 86.7 Å². The van der Waals surface area contributed by atoms with Gasteiger partial charge in [0.05, 0.1) is 12.4 Å². The molecule has 0 radical (unpaired) electrons. The Bertz CT molecular complexity index is 912. The third-order valence-electron chi connectivity index (χ3n) is 4.61. The van der Waals surface area contributed by atoms with E-state index in [9.17, 15) is 9.59 Å². The van der Waals surface area contributed by atoms with Crippen LogP contribution in [0.1, 0.15) is 57.1 Å². The molecule has 0 spiro atoms. The van der Waals surface area contributed by atoms with Crippen molar-refractivity contribution in [2.75, 3.05) is 0 Å². The number of hydrogen-bond donors (Lipinski definition) is 2. The largest absolute Gasteiger partial charge is 0.273 e. The van der Waals surface area contributed by atoms with Gasteiger partial charge in [0.25, 0.3) is 0 Å². The number of nitrogens with zero attached hydrogens (tertiary/aromatic N) is 2. The van der Waals surface area contributed by atoms with Gasteiger partial charge in [-0.1, -0.05) is 79.2 Å². The van der Waals surface area contributed by atoms with E-state index in [0.717, 1.165) is 28.7 Å². The quantitative estimate of drug-likeness (QED) is 0.263. The second kappa shape index (κ2) is 15.1. The van der Waals surface area contributed by atoms with Gasteiger partial charge in [-0.25, -0.2) is 10.9 Å². The molecule has 2 aromatic rings. The Morgan fingerprint density at radius 1 is 0.667 bits per heavy atom. The predicted octanol–water partition coefficient (Wildman–Crippen LogP) is 5.35. The average molecular weight is 445 g/mol. The van der Waals surface area contributed by atoms with E-state index in [1.54, 1.807) is 12.4 Å². The van der Waals surface area contributed by atoms with Gasteiger partial charge in [0, 0.05) is 12.8 Å². The zero-order valence-electron chi connectivity index (χ0n) is 19.3. The number of carbonyl (C=O) groups excluding carboxylic acids is 2. The molecule has 2 rings (SSSR count). The lowest BCUT2D eigenvalue weighted by Gasteiger charge is -2.02. The molecule has 0 aliphatic heterocycles. The monoisotopic (exact) mass is 444 g/mol. The molecule has 2 N–H and O–H groups in total. The van der Waals surface area contributed by atoms with E-state index < -0.39 is 0 Å². The van der Waals surface area contributed by atoms with Crippen molar-refractivity contribution < 1.29 is 9.59 Å². The number of benzene rings is 2. The van der Waals surface area contributed by atoms with Gasteiger partial charge >= 0.3 is 0 Å². The summed E-state index contributed by atoms with van der Waals surface area (Å²) in [6.45, 7) is 3.86. The van der Waals surface area contributed by atoms with E-state index in [4.69, 9.17) is 0 Å². The highest BCUT2D eigenvalue weighted by Gasteiger charge is 2.02. The minimum Gasteiger partial charge on any atom is -0.273 e. The molecule has 0 saturated carbocycles. The first-order valence-corrected chi connectivity index (χ1v) is 11.1. The molecular formula is C27H32N4O2. The smallest absolute Gasteiger partial charge is 0.240 e. The van der Waals surface area contributed by atoms with Crippen LogP contribution in [0.25, 0.3) is 12.2 Å². The van der Waals surface area contributed by atoms with Crippen LogP contribution in [0.4, 0.5) is 0 Å². The fraction of sp³-hybridized carbons (Fsp3) is 0.259. The van der Waals surface area contributed by atoms with Gasteiger partial charge in [0.2, 0.25) is 11.8 Å². The fourth-order valence-electron chi connectivity index (χ4n) is 2.97. The van der Waals surface area contributed by atoms with E-state index in [0.29, 0.717) is 25.7 Å². The Kier molecular flexibility index (Phi) is 11.6. The van der Waals surface area contributed by atoms with Crippen LogP contribution in [0, 0.1) is 0 Å². The SMILES string of the molecule is CC(C=NNC(=O)CCCCCC(=O)NN=CC(C)=Cc1ccccc1)=Cc1ccccc1. The second-order valence-corrected chi connectivity index (χ2v) is 7.75. The first-order valence-electron chi connectivity index (χ1n) is 11.1. The second-order valence-electron chi connectivity index (χ2n) is 7.75. The highest BCUT2D eigenvalue weighted by Crippen LogP contribution is 2.06. The molecular weight excluding hydrogens is 412 g/mol. The minimum atomic E-state index is -0.131. The van der Waals surface area contributed by atoms with E-state index >= 15 is 0 Å². The van der Waals surface area contributed by atoms with Crippen LogP contribution in [0.5, 0.6) is 0 Å². The number of hydrogen-bond acceptors (Lipinski definition) is 4. The highest BCUT2D eigenvalue weighted by atomic mass is 16.2. The zero-order valence-corrected chi connectivity index (χ0v) is 19.3. The molecule has 0 saturated heterocycles. The van der Waals surface area contributed by atoms with Crippen molar-refractivity contribution >= 4 is 36.4 Å². The molecule has 0 heterocycles. The average Bonchev–Trinajstić information content (AvgIpc) is 2.80. The number of hydrazone groups is 2. The van der Waals surface area contributed by atoms with Crippen molar-refractivity contribution in [1.29, 1.82) is 0 Å². The summed E-state index contributed by atoms with van der Waals surface area (Å²) in [7, 11) is 0. The Balaban J connectivity index is 1.55. The summed E-state index contributed by atoms with van der Waals surface area (Å²) in [5.74, 6) is -0.262. The molecule has 2 aromatic carbocycles. The standard InChI is InChI=1S/C27H32N4O2/c1-22(18-24-12-6-3-7-13-24)20-28-30-26(32)16-10-5-11-17-27(33)31-29-21-23(2)19-25-14-8-4-9-15-25/h3-4,6-9,12-15,18-21H,5,10-11,16-17H2,1-2H3,(H,30,32)(H,31,33). The maximum atomic E-state index is 11.9. The van der Waals surface area contributed by atoms with Crippen molar-refractivity contribution in [3.63, 3.8) is 0 Å². The van der Waals surface area contributed by atoms with Crippen LogP contribution >= 0.6 is 0 Å². The van der Waals surface area contributed by atoms with Crippen LogP contribution in [0.15, 0.2) is 82.0 Å². The van der Waals surface area contributed by atoms with Gasteiger partial charge in [-0.3, -0.25) is 9.59 Å². The summed E-state index contributed by atoms with van der Waals surface area (Å²) in [5.41, 5.74) is 9.14. The van der Waals surface area contributed by atoms with Crippen molar-refractivity contribution in [2.45, 2.75) is 46.0 Å². The van der Waals surface area contributed by atoms with Gasteiger partial charge in [0.1, 0.15) is 0 Å². The number of unbranched alkanes of at least 4 members (excludes halogenated alkanes) is 2. The lowest BCUT2D eigenvalue weighted by atomic mass is 10.1. The molecule has 6 heteroatoms. The number of amides is 2. The Hall–Kier alpha value is -3.80. The van der Waals surface area contributed by atoms with Crippen molar-refractivity contribution in [1.82, 2.24) is 10.9 Å². The molecule has 2 amide bonds. The van der Waals surface area contributed by atoms with Gasteiger partial charge in [-0.05, 0) is 49.0 Å². The maximum absolute atomic E-state index is 11.9. The summed E-state index contributed by atoms with van der Waals surface area (Å²) in [5, 5.41) is 7.98. The predicted molar refractivity (Wildman–Crippen MR) is 137 cm³/mol. The normalized spacial score (nSPS) is 12.3. The summed E-state index contributed by atoms with van der Waals surface area (Å²) in [4.78, 5) is 23.7. The lowest BCUT2D eigenvalue weighted by molar-refractivity contribution is -0.121. The molecule has 0 aliphatic rings.